The predicted molar refractivity (Wildman–Crippen MR) is 74.5 cm³/mol. The SMILES string of the molecule is Cl.N[C@@H]1C[C@H]1c1ccc(-c2ccccc2)cc1. The standard InChI is InChI=1S/C15H15N.ClH/c16-15-10-14(15)13-8-6-12(7-9-13)11-4-2-1-3-5-11;/h1-9,14-15H,10,16H2;1H/t14-,15+;/m0./s1. The third-order valence-corrected chi connectivity index (χ3v) is 3.29. The highest BCUT2D eigenvalue weighted by atomic mass is 35.5. The summed E-state index contributed by atoms with van der Waals surface area (Å²) >= 11 is 0. The van der Waals surface area contributed by atoms with E-state index in [0.717, 1.165) is 6.42 Å². The van der Waals surface area contributed by atoms with Crippen molar-refractivity contribution >= 4 is 12.4 Å². The van der Waals surface area contributed by atoms with Crippen molar-refractivity contribution in [2.24, 2.45) is 5.73 Å². The average molecular weight is 246 g/mol. The van der Waals surface area contributed by atoms with Crippen molar-refractivity contribution in [3.63, 3.8) is 0 Å². The molecule has 0 aliphatic heterocycles. The van der Waals surface area contributed by atoms with E-state index in [4.69, 9.17) is 5.73 Å². The van der Waals surface area contributed by atoms with E-state index in [9.17, 15) is 0 Å². The highest BCUT2D eigenvalue weighted by Gasteiger charge is 2.34. The monoisotopic (exact) mass is 245 g/mol. The Labute approximate surface area is 108 Å². The second kappa shape index (κ2) is 4.91. The number of hydrogen-bond acceptors (Lipinski definition) is 1. The van der Waals surface area contributed by atoms with Crippen LogP contribution in [0.1, 0.15) is 17.9 Å². The molecule has 2 atom stereocenters. The van der Waals surface area contributed by atoms with Gasteiger partial charge in [0.2, 0.25) is 0 Å². The summed E-state index contributed by atoms with van der Waals surface area (Å²) in [6.45, 7) is 0. The van der Waals surface area contributed by atoms with E-state index in [0.29, 0.717) is 12.0 Å². The van der Waals surface area contributed by atoms with Crippen LogP contribution in [0.5, 0.6) is 0 Å². The van der Waals surface area contributed by atoms with E-state index < -0.39 is 0 Å². The molecule has 1 fully saturated rings. The van der Waals surface area contributed by atoms with Crippen LogP contribution in [0.15, 0.2) is 54.6 Å². The van der Waals surface area contributed by atoms with Gasteiger partial charge >= 0.3 is 0 Å². The first-order valence-electron chi connectivity index (χ1n) is 5.75. The zero-order valence-electron chi connectivity index (χ0n) is 9.54. The van der Waals surface area contributed by atoms with Gasteiger partial charge in [-0.15, -0.1) is 12.4 Å². The van der Waals surface area contributed by atoms with E-state index >= 15 is 0 Å². The van der Waals surface area contributed by atoms with Gasteiger partial charge in [0.1, 0.15) is 0 Å². The topological polar surface area (TPSA) is 26.0 Å². The summed E-state index contributed by atoms with van der Waals surface area (Å²) in [5.74, 6) is 0.602. The van der Waals surface area contributed by atoms with Crippen molar-refractivity contribution < 1.29 is 0 Å². The molecule has 2 aromatic rings. The van der Waals surface area contributed by atoms with Gasteiger partial charge in [-0.25, -0.2) is 0 Å². The minimum absolute atomic E-state index is 0. The highest BCUT2D eigenvalue weighted by Crippen LogP contribution is 2.39. The Hall–Kier alpha value is -1.31. The predicted octanol–water partition coefficient (Wildman–Crippen LogP) is 3.59. The molecule has 0 heterocycles. The molecule has 0 spiro atoms. The van der Waals surface area contributed by atoms with Gasteiger partial charge in [0.05, 0.1) is 0 Å². The molecule has 2 aromatic carbocycles. The second-order valence-corrected chi connectivity index (χ2v) is 4.49. The quantitative estimate of drug-likeness (QED) is 0.860. The third kappa shape index (κ3) is 2.51. The molecule has 0 unspecified atom stereocenters. The van der Waals surface area contributed by atoms with Crippen LogP contribution < -0.4 is 5.73 Å². The molecule has 0 radical (unpaired) electrons. The fraction of sp³-hybridized carbons (Fsp3) is 0.200. The fourth-order valence-corrected chi connectivity index (χ4v) is 2.15. The van der Waals surface area contributed by atoms with Crippen LogP contribution >= 0.6 is 12.4 Å². The van der Waals surface area contributed by atoms with E-state index in [-0.39, 0.29) is 12.4 Å². The summed E-state index contributed by atoms with van der Waals surface area (Å²) in [6, 6.07) is 19.6. The molecule has 0 bridgehead atoms. The lowest BCUT2D eigenvalue weighted by Crippen LogP contribution is -2.00. The number of rotatable bonds is 2. The van der Waals surface area contributed by atoms with Crippen molar-refractivity contribution in [3.8, 4) is 11.1 Å². The molecule has 17 heavy (non-hydrogen) atoms. The Morgan fingerprint density at radius 1 is 0.824 bits per heavy atom. The Kier molecular flexibility index (Phi) is 3.51. The maximum Gasteiger partial charge on any atom is 0.0115 e. The van der Waals surface area contributed by atoms with Crippen molar-refractivity contribution in [1.82, 2.24) is 0 Å². The molecule has 1 aliphatic rings. The molecule has 1 saturated carbocycles. The molecule has 1 aliphatic carbocycles. The van der Waals surface area contributed by atoms with Crippen LogP contribution in [-0.2, 0) is 0 Å². The number of halogens is 1. The molecule has 2 N–H and O–H groups in total. The van der Waals surface area contributed by atoms with Crippen LogP contribution in [0.4, 0.5) is 0 Å². The smallest absolute Gasteiger partial charge is 0.0115 e. The normalized spacial score (nSPS) is 21.7. The molecule has 3 rings (SSSR count). The fourth-order valence-electron chi connectivity index (χ4n) is 2.15. The Bertz CT molecular complexity index is 478. The molecular weight excluding hydrogens is 230 g/mol. The minimum atomic E-state index is 0. The first-order valence-corrected chi connectivity index (χ1v) is 5.75. The summed E-state index contributed by atoms with van der Waals surface area (Å²) < 4.78 is 0. The van der Waals surface area contributed by atoms with Crippen LogP contribution in [0.25, 0.3) is 11.1 Å². The second-order valence-electron chi connectivity index (χ2n) is 4.49. The van der Waals surface area contributed by atoms with Gasteiger partial charge in [0, 0.05) is 12.0 Å². The number of benzene rings is 2. The molecule has 0 aromatic heterocycles. The molecule has 2 heteroatoms. The van der Waals surface area contributed by atoms with Gasteiger partial charge in [0.15, 0.2) is 0 Å². The number of hydrogen-bond donors (Lipinski definition) is 1. The van der Waals surface area contributed by atoms with Crippen molar-refractivity contribution in [2.75, 3.05) is 0 Å². The lowest BCUT2D eigenvalue weighted by Gasteiger charge is -2.03. The Morgan fingerprint density at radius 3 is 1.88 bits per heavy atom. The van der Waals surface area contributed by atoms with Crippen LogP contribution in [0.2, 0.25) is 0 Å². The first kappa shape index (κ1) is 12.2. The highest BCUT2D eigenvalue weighted by molar-refractivity contribution is 5.85. The zero-order valence-corrected chi connectivity index (χ0v) is 10.4. The van der Waals surface area contributed by atoms with Gasteiger partial charge in [0.25, 0.3) is 0 Å². The van der Waals surface area contributed by atoms with Gasteiger partial charge in [-0.3, -0.25) is 0 Å². The molecule has 1 nitrogen and oxygen atoms in total. The molecule has 0 saturated heterocycles. The summed E-state index contributed by atoms with van der Waals surface area (Å²) in [5, 5.41) is 0. The van der Waals surface area contributed by atoms with Crippen molar-refractivity contribution in [1.29, 1.82) is 0 Å². The maximum atomic E-state index is 5.85. The Morgan fingerprint density at radius 2 is 1.35 bits per heavy atom. The Balaban J connectivity index is 0.00000108. The maximum absolute atomic E-state index is 5.85. The zero-order chi connectivity index (χ0) is 11.0. The molecule has 0 amide bonds. The van der Waals surface area contributed by atoms with Gasteiger partial charge in [-0.05, 0) is 23.1 Å². The molecular formula is C15H16ClN. The molecule has 88 valence electrons. The van der Waals surface area contributed by atoms with Gasteiger partial charge < -0.3 is 5.73 Å². The van der Waals surface area contributed by atoms with E-state index in [1.807, 2.05) is 6.07 Å². The summed E-state index contributed by atoms with van der Waals surface area (Å²) in [5.41, 5.74) is 9.78. The van der Waals surface area contributed by atoms with Crippen molar-refractivity contribution in [3.05, 3.63) is 60.2 Å². The van der Waals surface area contributed by atoms with Crippen LogP contribution in [-0.4, -0.2) is 6.04 Å². The number of nitrogens with two attached hydrogens (primary N) is 1. The van der Waals surface area contributed by atoms with Gasteiger partial charge in [-0.2, -0.15) is 0 Å². The third-order valence-electron chi connectivity index (χ3n) is 3.29. The average Bonchev–Trinajstić information content (AvgIpc) is 3.08. The lowest BCUT2D eigenvalue weighted by atomic mass is 10.0. The first-order chi connectivity index (χ1) is 7.84. The summed E-state index contributed by atoms with van der Waals surface area (Å²) in [6.07, 6.45) is 1.14. The summed E-state index contributed by atoms with van der Waals surface area (Å²) in [7, 11) is 0. The van der Waals surface area contributed by atoms with Gasteiger partial charge in [-0.1, -0.05) is 54.6 Å². The van der Waals surface area contributed by atoms with Crippen molar-refractivity contribution in [2.45, 2.75) is 18.4 Å². The van der Waals surface area contributed by atoms with E-state index in [1.54, 1.807) is 0 Å². The minimum Gasteiger partial charge on any atom is -0.327 e. The van der Waals surface area contributed by atoms with Crippen LogP contribution in [0.3, 0.4) is 0 Å². The van der Waals surface area contributed by atoms with E-state index in [2.05, 4.69) is 48.5 Å². The van der Waals surface area contributed by atoms with E-state index in [1.165, 1.54) is 16.7 Å². The van der Waals surface area contributed by atoms with Crippen LogP contribution in [0, 0.1) is 0 Å². The lowest BCUT2D eigenvalue weighted by molar-refractivity contribution is 0.991. The summed E-state index contributed by atoms with van der Waals surface area (Å²) in [4.78, 5) is 0. The largest absolute Gasteiger partial charge is 0.327 e.